The smallest absolute Gasteiger partial charge is 0.337 e. The molecule has 1 unspecified atom stereocenters. The Hall–Kier alpha value is -2.37. The minimum absolute atomic E-state index is 0.0195. The summed E-state index contributed by atoms with van der Waals surface area (Å²) < 4.78 is 4.76. The van der Waals surface area contributed by atoms with E-state index in [1.165, 1.54) is 7.11 Å². The standard InChI is InChI=1S/C22H25ClN2O3/c1-15-9-10-16(22(27)28-2)12-20(15)24-21(26)18-7-5-11-25(14-18)13-17-6-3-4-8-19(17)23/h3-4,6,8-10,12,18H,5,7,11,13-14H2,1-2H3,(H,24,26). The molecule has 0 aliphatic carbocycles. The van der Waals surface area contributed by atoms with Gasteiger partial charge in [0.15, 0.2) is 0 Å². The lowest BCUT2D eigenvalue weighted by Gasteiger charge is -2.32. The molecule has 1 N–H and O–H groups in total. The topological polar surface area (TPSA) is 58.6 Å². The van der Waals surface area contributed by atoms with Crippen molar-refractivity contribution in [2.45, 2.75) is 26.3 Å². The summed E-state index contributed by atoms with van der Waals surface area (Å²) in [7, 11) is 1.34. The molecule has 1 aliphatic rings. The number of ether oxygens (including phenoxy) is 1. The average Bonchev–Trinajstić information content (AvgIpc) is 2.71. The second-order valence-electron chi connectivity index (χ2n) is 7.18. The number of nitrogens with one attached hydrogen (secondary N) is 1. The third kappa shape index (κ3) is 4.91. The van der Waals surface area contributed by atoms with Gasteiger partial charge in [-0.05, 0) is 55.6 Å². The Morgan fingerprint density at radius 1 is 1.25 bits per heavy atom. The summed E-state index contributed by atoms with van der Waals surface area (Å²) in [6.07, 6.45) is 1.81. The molecule has 2 aromatic rings. The fraction of sp³-hybridized carbons (Fsp3) is 0.364. The number of hydrogen-bond acceptors (Lipinski definition) is 4. The molecule has 6 heteroatoms. The molecule has 1 heterocycles. The summed E-state index contributed by atoms with van der Waals surface area (Å²) in [5, 5.41) is 3.75. The van der Waals surface area contributed by atoms with Gasteiger partial charge in [0, 0.05) is 23.8 Å². The predicted octanol–water partition coefficient (Wildman–Crippen LogP) is 4.29. The van der Waals surface area contributed by atoms with Gasteiger partial charge in [0.1, 0.15) is 0 Å². The van der Waals surface area contributed by atoms with Gasteiger partial charge in [0.25, 0.3) is 0 Å². The van der Waals surface area contributed by atoms with Crippen LogP contribution in [0.3, 0.4) is 0 Å². The number of piperidine rings is 1. The van der Waals surface area contributed by atoms with E-state index in [4.69, 9.17) is 16.3 Å². The van der Waals surface area contributed by atoms with Crippen LogP contribution in [-0.2, 0) is 16.1 Å². The molecule has 3 rings (SSSR count). The summed E-state index contributed by atoms with van der Waals surface area (Å²) >= 11 is 6.28. The number of likely N-dealkylation sites (tertiary alicyclic amines) is 1. The van der Waals surface area contributed by atoms with Crippen molar-refractivity contribution >= 4 is 29.2 Å². The maximum atomic E-state index is 12.9. The molecule has 0 aromatic heterocycles. The number of benzene rings is 2. The van der Waals surface area contributed by atoms with Gasteiger partial charge in [-0.3, -0.25) is 9.69 Å². The third-order valence-corrected chi connectivity index (χ3v) is 5.51. The zero-order valence-corrected chi connectivity index (χ0v) is 17.0. The maximum absolute atomic E-state index is 12.9. The molecule has 0 bridgehead atoms. The molecule has 1 amide bonds. The van der Waals surface area contributed by atoms with E-state index in [1.54, 1.807) is 12.1 Å². The van der Waals surface area contributed by atoms with Gasteiger partial charge < -0.3 is 10.1 Å². The minimum atomic E-state index is -0.418. The van der Waals surface area contributed by atoms with Crippen LogP contribution >= 0.6 is 11.6 Å². The van der Waals surface area contributed by atoms with E-state index < -0.39 is 5.97 Å². The van der Waals surface area contributed by atoms with Gasteiger partial charge in [0.05, 0.1) is 18.6 Å². The zero-order chi connectivity index (χ0) is 20.1. The second kappa shape index (κ2) is 9.22. The Bertz CT molecular complexity index is 869. The molecule has 1 fully saturated rings. The Kier molecular flexibility index (Phi) is 6.70. The van der Waals surface area contributed by atoms with Crippen LogP contribution in [0.1, 0.15) is 34.3 Å². The molecule has 2 aromatic carbocycles. The van der Waals surface area contributed by atoms with Crippen molar-refractivity contribution < 1.29 is 14.3 Å². The van der Waals surface area contributed by atoms with Crippen molar-refractivity contribution in [2.75, 3.05) is 25.5 Å². The lowest BCUT2D eigenvalue weighted by molar-refractivity contribution is -0.121. The molecular formula is C22H25ClN2O3. The van der Waals surface area contributed by atoms with Gasteiger partial charge in [-0.1, -0.05) is 35.9 Å². The number of methoxy groups -OCH3 is 1. The number of hydrogen-bond donors (Lipinski definition) is 1. The lowest BCUT2D eigenvalue weighted by atomic mass is 9.96. The van der Waals surface area contributed by atoms with Gasteiger partial charge in [0.2, 0.25) is 5.91 Å². The highest BCUT2D eigenvalue weighted by molar-refractivity contribution is 6.31. The highest BCUT2D eigenvalue weighted by atomic mass is 35.5. The van der Waals surface area contributed by atoms with Crippen LogP contribution < -0.4 is 5.32 Å². The van der Waals surface area contributed by atoms with Crippen molar-refractivity contribution in [1.82, 2.24) is 4.90 Å². The number of carbonyl (C=O) groups is 2. The number of nitrogens with zero attached hydrogens (tertiary/aromatic N) is 1. The molecule has 0 spiro atoms. The van der Waals surface area contributed by atoms with Gasteiger partial charge in [-0.25, -0.2) is 4.79 Å². The number of amides is 1. The van der Waals surface area contributed by atoms with Crippen LogP contribution in [-0.4, -0.2) is 37.0 Å². The predicted molar refractivity (Wildman–Crippen MR) is 111 cm³/mol. The molecular weight excluding hydrogens is 376 g/mol. The van der Waals surface area contributed by atoms with Gasteiger partial charge in [-0.15, -0.1) is 0 Å². The fourth-order valence-electron chi connectivity index (χ4n) is 3.52. The normalized spacial score (nSPS) is 17.2. The van der Waals surface area contributed by atoms with E-state index in [-0.39, 0.29) is 11.8 Å². The van der Waals surface area contributed by atoms with Crippen LogP contribution in [0.25, 0.3) is 0 Å². The van der Waals surface area contributed by atoms with Crippen LogP contribution in [0.15, 0.2) is 42.5 Å². The van der Waals surface area contributed by atoms with Crippen molar-refractivity contribution in [1.29, 1.82) is 0 Å². The minimum Gasteiger partial charge on any atom is -0.465 e. The molecule has 5 nitrogen and oxygen atoms in total. The summed E-state index contributed by atoms with van der Waals surface area (Å²) in [6.45, 7) is 4.28. The Labute approximate surface area is 170 Å². The number of anilines is 1. The highest BCUT2D eigenvalue weighted by Gasteiger charge is 2.26. The van der Waals surface area contributed by atoms with E-state index in [0.29, 0.717) is 17.8 Å². The number of aryl methyl sites for hydroxylation is 1. The number of esters is 1. The number of halogens is 1. The quantitative estimate of drug-likeness (QED) is 0.761. The van der Waals surface area contributed by atoms with Gasteiger partial charge in [-0.2, -0.15) is 0 Å². The molecule has 0 radical (unpaired) electrons. The summed E-state index contributed by atoms with van der Waals surface area (Å²) in [5.41, 5.74) is 3.06. The van der Waals surface area contributed by atoms with Gasteiger partial charge >= 0.3 is 5.97 Å². The van der Waals surface area contributed by atoms with E-state index in [1.807, 2.05) is 37.3 Å². The van der Waals surface area contributed by atoms with E-state index in [9.17, 15) is 9.59 Å². The largest absolute Gasteiger partial charge is 0.465 e. The first-order chi connectivity index (χ1) is 13.5. The van der Waals surface area contributed by atoms with Crippen LogP contribution in [0, 0.1) is 12.8 Å². The van der Waals surface area contributed by atoms with Crippen molar-refractivity contribution in [3.8, 4) is 0 Å². The maximum Gasteiger partial charge on any atom is 0.337 e. The van der Waals surface area contributed by atoms with Crippen molar-refractivity contribution in [3.63, 3.8) is 0 Å². The van der Waals surface area contributed by atoms with Crippen LogP contribution in [0.2, 0.25) is 5.02 Å². The molecule has 28 heavy (non-hydrogen) atoms. The van der Waals surface area contributed by atoms with Crippen LogP contribution in [0.5, 0.6) is 0 Å². The first-order valence-electron chi connectivity index (χ1n) is 9.43. The first-order valence-corrected chi connectivity index (χ1v) is 9.81. The van der Waals surface area contributed by atoms with Crippen LogP contribution in [0.4, 0.5) is 5.69 Å². The summed E-state index contributed by atoms with van der Waals surface area (Å²) in [6, 6.07) is 13.0. The Morgan fingerprint density at radius 2 is 2.04 bits per heavy atom. The average molecular weight is 401 g/mol. The highest BCUT2D eigenvalue weighted by Crippen LogP contribution is 2.24. The van der Waals surface area contributed by atoms with E-state index >= 15 is 0 Å². The van der Waals surface area contributed by atoms with Crippen molar-refractivity contribution in [2.24, 2.45) is 5.92 Å². The second-order valence-corrected chi connectivity index (χ2v) is 7.58. The summed E-state index contributed by atoms with van der Waals surface area (Å²) in [4.78, 5) is 26.9. The summed E-state index contributed by atoms with van der Waals surface area (Å²) in [5.74, 6) is -0.537. The first kappa shape index (κ1) is 20.4. The number of carbonyl (C=O) groups excluding carboxylic acids is 2. The third-order valence-electron chi connectivity index (χ3n) is 5.14. The molecule has 1 saturated heterocycles. The Morgan fingerprint density at radius 3 is 2.79 bits per heavy atom. The van der Waals surface area contributed by atoms with E-state index in [2.05, 4.69) is 10.2 Å². The molecule has 148 valence electrons. The molecule has 1 atom stereocenters. The SMILES string of the molecule is COC(=O)c1ccc(C)c(NC(=O)C2CCCN(Cc3ccccc3Cl)C2)c1. The molecule has 0 saturated carbocycles. The fourth-order valence-corrected chi connectivity index (χ4v) is 3.71. The molecule has 1 aliphatic heterocycles. The zero-order valence-electron chi connectivity index (χ0n) is 16.2. The number of rotatable bonds is 5. The lowest BCUT2D eigenvalue weighted by Crippen LogP contribution is -2.40. The Balaban J connectivity index is 1.66. The van der Waals surface area contributed by atoms with Crippen molar-refractivity contribution in [3.05, 3.63) is 64.2 Å². The monoisotopic (exact) mass is 400 g/mol. The van der Waals surface area contributed by atoms with E-state index in [0.717, 1.165) is 42.1 Å².